The number of nitrogens with zero attached hydrogens (tertiary/aromatic N) is 2. The molecule has 2 heterocycles. The maximum Gasteiger partial charge on any atom is 0.329 e. The Morgan fingerprint density at radius 2 is 1.81 bits per heavy atom. The van der Waals surface area contributed by atoms with Crippen molar-refractivity contribution in [2.24, 2.45) is 0 Å². The Bertz CT molecular complexity index is 1310. The lowest BCUT2D eigenvalue weighted by atomic mass is 10.2. The SMILES string of the molecule is O=C(Cn1c(=O)[nH]c(=O)c2ccccc21)NCc1ccc(OCc2cccnc2)cc1. The molecule has 31 heavy (non-hydrogen) atoms. The van der Waals surface area contributed by atoms with Gasteiger partial charge in [0, 0.05) is 24.5 Å². The van der Waals surface area contributed by atoms with Crippen molar-refractivity contribution < 1.29 is 9.53 Å². The number of benzene rings is 2. The number of ether oxygens (including phenoxy) is 1. The minimum Gasteiger partial charge on any atom is -0.489 e. The zero-order valence-corrected chi connectivity index (χ0v) is 16.6. The first-order valence-electron chi connectivity index (χ1n) is 9.69. The third kappa shape index (κ3) is 4.87. The molecule has 0 fully saturated rings. The first kappa shape index (κ1) is 20.1. The minimum absolute atomic E-state index is 0.192. The van der Waals surface area contributed by atoms with Crippen LogP contribution in [0.3, 0.4) is 0 Å². The van der Waals surface area contributed by atoms with Gasteiger partial charge in [0.25, 0.3) is 5.56 Å². The summed E-state index contributed by atoms with van der Waals surface area (Å²) in [7, 11) is 0. The summed E-state index contributed by atoms with van der Waals surface area (Å²) in [5.74, 6) is 0.376. The van der Waals surface area contributed by atoms with Crippen molar-refractivity contribution in [2.75, 3.05) is 0 Å². The summed E-state index contributed by atoms with van der Waals surface area (Å²) in [5.41, 5.74) is 1.20. The summed E-state index contributed by atoms with van der Waals surface area (Å²) in [6.45, 7) is 0.534. The number of carbonyl (C=O) groups excluding carboxylic acids is 1. The number of hydrogen-bond donors (Lipinski definition) is 2. The topological polar surface area (TPSA) is 106 Å². The molecule has 8 nitrogen and oxygen atoms in total. The van der Waals surface area contributed by atoms with Gasteiger partial charge in [0.2, 0.25) is 5.91 Å². The van der Waals surface area contributed by atoms with Crippen LogP contribution in [0.4, 0.5) is 0 Å². The van der Waals surface area contributed by atoms with Gasteiger partial charge in [0.15, 0.2) is 0 Å². The van der Waals surface area contributed by atoms with E-state index in [1.54, 1.807) is 36.7 Å². The lowest BCUT2D eigenvalue weighted by Gasteiger charge is -2.11. The van der Waals surface area contributed by atoms with Crippen molar-refractivity contribution in [2.45, 2.75) is 19.7 Å². The molecule has 0 unspecified atom stereocenters. The monoisotopic (exact) mass is 416 g/mol. The van der Waals surface area contributed by atoms with E-state index in [0.717, 1.165) is 11.1 Å². The molecule has 2 aromatic carbocycles. The fraction of sp³-hybridized carbons (Fsp3) is 0.130. The second kappa shape index (κ2) is 9.08. The second-order valence-electron chi connectivity index (χ2n) is 6.93. The van der Waals surface area contributed by atoms with Crippen LogP contribution >= 0.6 is 0 Å². The molecule has 4 aromatic rings. The number of pyridine rings is 1. The third-order valence-electron chi connectivity index (χ3n) is 4.75. The molecule has 0 aliphatic rings. The van der Waals surface area contributed by atoms with Gasteiger partial charge in [-0.2, -0.15) is 0 Å². The fourth-order valence-electron chi connectivity index (χ4n) is 3.15. The van der Waals surface area contributed by atoms with Crippen molar-refractivity contribution in [3.8, 4) is 5.75 Å². The molecule has 2 aromatic heterocycles. The Hall–Kier alpha value is -4.20. The average Bonchev–Trinajstić information content (AvgIpc) is 2.80. The number of hydrogen-bond acceptors (Lipinski definition) is 5. The molecule has 8 heteroatoms. The normalized spacial score (nSPS) is 10.7. The van der Waals surface area contributed by atoms with Gasteiger partial charge >= 0.3 is 5.69 Å². The van der Waals surface area contributed by atoms with Gasteiger partial charge < -0.3 is 10.1 Å². The number of aromatic amines is 1. The molecule has 0 bridgehead atoms. The van der Waals surface area contributed by atoms with Crippen molar-refractivity contribution >= 4 is 16.8 Å². The predicted octanol–water partition coefficient (Wildman–Crippen LogP) is 1.98. The van der Waals surface area contributed by atoms with Crippen molar-refractivity contribution in [1.82, 2.24) is 19.9 Å². The molecule has 0 aliphatic heterocycles. The van der Waals surface area contributed by atoms with Crippen LogP contribution in [0.1, 0.15) is 11.1 Å². The highest BCUT2D eigenvalue weighted by molar-refractivity contribution is 5.81. The summed E-state index contributed by atoms with van der Waals surface area (Å²) in [4.78, 5) is 42.8. The van der Waals surface area contributed by atoms with Crippen molar-refractivity contribution in [3.63, 3.8) is 0 Å². The highest BCUT2D eigenvalue weighted by Crippen LogP contribution is 2.14. The van der Waals surface area contributed by atoms with E-state index in [0.29, 0.717) is 29.8 Å². The zero-order valence-electron chi connectivity index (χ0n) is 16.6. The maximum absolute atomic E-state index is 12.4. The largest absolute Gasteiger partial charge is 0.489 e. The summed E-state index contributed by atoms with van der Waals surface area (Å²) >= 11 is 0. The molecule has 2 N–H and O–H groups in total. The summed E-state index contributed by atoms with van der Waals surface area (Å²) < 4.78 is 6.97. The van der Waals surface area contributed by atoms with Gasteiger partial charge in [-0.15, -0.1) is 0 Å². The van der Waals surface area contributed by atoms with Crippen LogP contribution in [0.5, 0.6) is 5.75 Å². The van der Waals surface area contributed by atoms with E-state index in [1.165, 1.54) is 4.57 Å². The number of amides is 1. The predicted molar refractivity (Wildman–Crippen MR) is 116 cm³/mol. The van der Waals surface area contributed by atoms with Gasteiger partial charge in [0.1, 0.15) is 18.9 Å². The van der Waals surface area contributed by atoms with Crippen molar-refractivity contribution in [3.05, 3.63) is 105 Å². The highest BCUT2D eigenvalue weighted by atomic mass is 16.5. The van der Waals surface area contributed by atoms with Crippen molar-refractivity contribution in [1.29, 1.82) is 0 Å². The van der Waals surface area contributed by atoms with E-state index in [2.05, 4.69) is 15.3 Å². The van der Waals surface area contributed by atoms with E-state index in [9.17, 15) is 14.4 Å². The van der Waals surface area contributed by atoms with Crippen LogP contribution in [-0.2, 0) is 24.5 Å². The van der Waals surface area contributed by atoms with E-state index >= 15 is 0 Å². The van der Waals surface area contributed by atoms with E-state index < -0.39 is 11.2 Å². The third-order valence-corrected chi connectivity index (χ3v) is 4.75. The maximum atomic E-state index is 12.4. The molecule has 0 spiro atoms. The summed E-state index contributed by atoms with van der Waals surface area (Å²) in [6, 6.07) is 17.9. The summed E-state index contributed by atoms with van der Waals surface area (Å²) in [6.07, 6.45) is 3.46. The molecule has 0 radical (unpaired) electrons. The number of fused-ring (bicyclic) bond motifs is 1. The van der Waals surface area contributed by atoms with Crippen LogP contribution in [-0.4, -0.2) is 20.4 Å². The van der Waals surface area contributed by atoms with Gasteiger partial charge in [-0.1, -0.05) is 30.3 Å². The quantitative estimate of drug-likeness (QED) is 0.479. The van der Waals surface area contributed by atoms with Gasteiger partial charge in [-0.25, -0.2) is 4.79 Å². The average molecular weight is 416 g/mol. The molecule has 0 saturated heterocycles. The molecule has 0 aliphatic carbocycles. The lowest BCUT2D eigenvalue weighted by Crippen LogP contribution is -2.36. The number of aromatic nitrogens is 3. The molecule has 0 saturated carbocycles. The standard InChI is InChI=1S/C23H20N4O4/c28-21(14-27-20-6-2-1-5-19(20)22(29)26-23(27)30)25-13-16-7-9-18(10-8-16)31-15-17-4-3-11-24-12-17/h1-12H,13-15H2,(H,25,28)(H,26,29,30). The molecule has 1 amide bonds. The highest BCUT2D eigenvalue weighted by Gasteiger charge is 2.10. The Morgan fingerprint density at radius 1 is 1.00 bits per heavy atom. The smallest absolute Gasteiger partial charge is 0.329 e. The lowest BCUT2D eigenvalue weighted by molar-refractivity contribution is -0.121. The number of para-hydroxylation sites is 1. The molecule has 0 atom stereocenters. The Kier molecular flexibility index (Phi) is 5.89. The van der Waals surface area contributed by atoms with Crippen LogP contribution in [0, 0.1) is 0 Å². The number of carbonyl (C=O) groups is 1. The van der Waals surface area contributed by atoms with E-state index in [-0.39, 0.29) is 12.5 Å². The summed E-state index contributed by atoms with van der Waals surface area (Å²) in [5, 5.41) is 3.15. The Labute approximate surface area is 177 Å². The Balaban J connectivity index is 1.36. The first-order chi connectivity index (χ1) is 15.1. The number of nitrogens with one attached hydrogen (secondary N) is 2. The van der Waals surface area contributed by atoms with E-state index in [4.69, 9.17) is 4.74 Å². The zero-order chi connectivity index (χ0) is 21.6. The molecule has 4 rings (SSSR count). The van der Waals surface area contributed by atoms with E-state index in [1.807, 2.05) is 36.4 Å². The van der Waals surface area contributed by atoms with Gasteiger partial charge in [0.05, 0.1) is 10.9 Å². The van der Waals surface area contributed by atoms with Crippen LogP contribution in [0.25, 0.3) is 10.9 Å². The molecular formula is C23H20N4O4. The minimum atomic E-state index is -0.617. The number of rotatable bonds is 7. The Morgan fingerprint density at radius 3 is 2.58 bits per heavy atom. The number of H-pyrrole nitrogens is 1. The van der Waals surface area contributed by atoms with Crippen LogP contribution in [0.15, 0.2) is 82.6 Å². The molecular weight excluding hydrogens is 396 g/mol. The van der Waals surface area contributed by atoms with Crippen LogP contribution in [0.2, 0.25) is 0 Å². The first-order valence-corrected chi connectivity index (χ1v) is 9.69. The van der Waals surface area contributed by atoms with Crippen LogP contribution < -0.4 is 21.3 Å². The molecule has 156 valence electrons. The second-order valence-corrected chi connectivity index (χ2v) is 6.93. The fourth-order valence-corrected chi connectivity index (χ4v) is 3.15. The van der Waals surface area contributed by atoms with Gasteiger partial charge in [-0.05, 0) is 35.9 Å². The van der Waals surface area contributed by atoms with Gasteiger partial charge in [-0.3, -0.25) is 24.1 Å².